The van der Waals surface area contributed by atoms with Crippen molar-refractivity contribution in [3.05, 3.63) is 122 Å². The van der Waals surface area contributed by atoms with Crippen LogP contribution in [0.1, 0.15) is 32.9 Å². The molecule has 0 spiro atoms. The van der Waals surface area contributed by atoms with E-state index in [0.717, 1.165) is 33.9 Å². The molecule has 39 heavy (non-hydrogen) atoms. The Bertz CT molecular complexity index is 1640. The Kier molecular flexibility index (Phi) is 7.66. The number of carboxylic acid groups (broad SMARTS) is 1. The van der Waals surface area contributed by atoms with Crippen LogP contribution in [-0.4, -0.2) is 31.6 Å². The van der Waals surface area contributed by atoms with Gasteiger partial charge in [0.2, 0.25) is 0 Å². The largest absolute Gasteiger partial charge is 0.478 e. The summed E-state index contributed by atoms with van der Waals surface area (Å²) >= 11 is 13.9. The number of amidine groups is 1. The Morgan fingerprint density at radius 3 is 2.38 bits per heavy atom. The fourth-order valence-corrected chi connectivity index (χ4v) is 5.87. The van der Waals surface area contributed by atoms with Gasteiger partial charge in [-0.05, 0) is 91.3 Å². The van der Waals surface area contributed by atoms with Gasteiger partial charge in [0.15, 0.2) is 5.17 Å². The predicted octanol–water partition coefficient (Wildman–Crippen LogP) is 7.90. The third kappa shape index (κ3) is 5.66. The third-order valence-electron chi connectivity index (χ3n) is 6.32. The number of halogens is 2. The number of hydrogen-bond donors (Lipinski definition) is 1. The standard InChI is InChI=1S/C30H23Cl2N3O3S/c1-18-14-22(19(2)35(18)26-13-12-23(31)16-25(26)32)15-27-28(36)34(17-20-8-10-21(11-9-20)29(37)38)30(39-27)33-24-6-4-3-5-7-24/h3-16H,17H2,1-2H3,(H,37,38). The Morgan fingerprint density at radius 1 is 1.00 bits per heavy atom. The highest BCUT2D eigenvalue weighted by Crippen LogP contribution is 2.37. The summed E-state index contributed by atoms with van der Waals surface area (Å²) in [5, 5.41) is 10.9. The van der Waals surface area contributed by atoms with Crippen molar-refractivity contribution >= 4 is 63.8 Å². The van der Waals surface area contributed by atoms with E-state index < -0.39 is 5.97 Å². The quantitative estimate of drug-likeness (QED) is 0.237. The minimum Gasteiger partial charge on any atom is -0.478 e. The lowest BCUT2D eigenvalue weighted by Gasteiger charge is -2.16. The van der Waals surface area contributed by atoms with Crippen molar-refractivity contribution in [2.24, 2.45) is 4.99 Å². The topological polar surface area (TPSA) is 74.9 Å². The molecule has 1 saturated heterocycles. The molecule has 4 aromatic rings. The van der Waals surface area contributed by atoms with Crippen LogP contribution in [0.15, 0.2) is 88.8 Å². The highest BCUT2D eigenvalue weighted by molar-refractivity contribution is 8.18. The van der Waals surface area contributed by atoms with Crippen molar-refractivity contribution in [2.75, 3.05) is 0 Å². The second-order valence-corrected chi connectivity index (χ2v) is 10.8. The summed E-state index contributed by atoms with van der Waals surface area (Å²) < 4.78 is 2.04. The molecule has 5 rings (SSSR count). The van der Waals surface area contributed by atoms with Crippen molar-refractivity contribution in [3.63, 3.8) is 0 Å². The molecule has 0 aliphatic carbocycles. The van der Waals surface area contributed by atoms with Gasteiger partial charge >= 0.3 is 5.97 Å². The minimum absolute atomic E-state index is 0.175. The number of para-hydroxylation sites is 1. The fraction of sp³-hybridized carbons (Fsp3) is 0.100. The molecule has 3 aromatic carbocycles. The summed E-state index contributed by atoms with van der Waals surface area (Å²) in [7, 11) is 0. The number of aromatic nitrogens is 1. The average molecular weight is 577 g/mol. The SMILES string of the molecule is Cc1cc(C=C2SC(=Nc3ccccc3)N(Cc3ccc(C(=O)O)cc3)C2=O)c(C)n1-c1ccc(Cl)cc1Cl. The van der Waals surface area contributed by atoms with E-state index in [1.54, 1.807) is 29.2 Å². The first kappa shape index (κ1) is 26.8. The van der Waals surface area contributed by atoms with Gasteiger partial charge in [0, 0.05) is 16.4 Å². The minimum atomic E-state index is -0.997. The third-order valence-corrected chi connectivity index (χ3v) is 7.86. The smallest absolute Gasteiger partial charge is 0.335 e. The van der Waals surface area contributed by atoms with Crippen molar-refractivity contribution in [1.82, 2.24) is 9.47 Å². The lowest BCUT2D eigenvalue weighted by atomic mass is 10.1. The molecule has 1 aliphatic heterocycles. The van der Waals surface area contributed by atoms with Gasteiger partial charge in [-0.2, -0.15) is 0 Å². The molecule has 9 heteroatoms. The van der Waals surface area contributed by atoms with Crippen molar-refractivity contribution in [3.8, 4) is 5.69 Å². The number of aryl methyl sites for hydroxylation is 1. The summed E-state index contributed by atoms with van der Waals surface area (Å²) in [6.07, 6.45) is 1.88. The lowest BCUT2D eigenvalue weighted by Crippen LogP contribution is -2.28. The van der Waals surface area contributed by atoms with Gasteiger partial charge in [0.25, 0.3) is 5.91 Å². The van der Waals surface area contributed by atoms with Gasteiger partial charge < -0.3 is 9.67 Å². The summed E-state index contributed by atoms with van der Waals surface area (Å²) in [5.41, 5.74) is 5.32. The number of nitrogens with zero attached hydrogens (tertiary/aromatic N) is 3. The number of hydrogen-bond acceptors (Lipinski definition) is 4. The first-order valence-electron chi connectivity index (χ1n) is 12.0. The molecule has 1 amide bonds. The van der Waals surface area contributed by atoms with Crippen LogP contribution in [0.4, 0.5) is 5.69 Å². The predicted molar refractivity (Wildman–Crippen MR) is 158 cm³/mol. The van der Waals surface area contributed by atoms with Crippen LogP contribution < -0.4 is 0 Å². The number of carboxylic acids is 1. The maximum atomic E-state index is 13.7. The summed E-state index contributed by atoms with van der Waals surface area (Å²) in [5.74, 6) is -1.17. The van der Waals surface area contributed by atoms with Crippen LogP contribution in [0.5, 0.6) is 0 Å². The van der Waals surface area contributed by atoms with Crippen LogP contribution in [0, 0.1) is 13.8 Å². The van der Waals surface area contributed by atoms with Crippen LogP contribution in [0.25, 0.3) is 11.8 Å². The zero-order valence-electron chi connectivity index (χ0n) is 21.1. The number of rotatable bonds is 6. The van der Waals surface area contributed by atoms with E-state index in [-0.39, 0.29) is 18.0 Å². The van der Waals surface area contributed by atoms with E-state index in [2.05, 4.69) is 0 Å². The van der Waals surface area contributed by atoms with E-state index in [1.807, 2.05) is 67.0 Å². The van der Waals surface area contributed by atoms with E-state index >= 15 is 0 Å². The number of benzene rings is 3. The molecule has 0 atom stereocenters. The monoisotopic (exact) mass is 575 g/mol. The Labute approximate surface area is 240 Å². The van der Waals surface area contributed by atoms with Gasteiger partial charge in [0.05, 0.1) is 33.4 Å². The van der Waals surface area contributed by atoms with Gasteiger partial charge in [-0.25, -0.2) is 9.79 Å². The maximum absolute atomic E-state index is 13.7. The van der Waals surface area contributed by atoms with E-state index in [1.165, 1.54) is 23.9 Å². The molecule has 0 bridgehead atoms. The zero-order chi connectivity index (χ0) is 27.7. The number of amides is 1. The van der Waals surface area contributed by atoms with Gasteiger partial charge in [0.1, 0.15) is 0 Å². The number of carbonyl (C=O) groups is 2. The Balaban J connectivity index is 1.52. The van der Waals surface area contributed by atoms with Gasteiger partial charge in [-0.3, -0.25) is 9.69 Å². The van der Waals surface area contributed by atoms with Crippen molar-refractivity contribution in [1.29, 1.82) is 0 Å². The molecule has 0 radical (unpaired) electrons. The number of aromatic carboxylic acids is 1. The molecule has 1 aromatic heterocycles. The molecule has 0 saturated carbocycles. The van der Waals surface area contributed by atoms with E-state index in [4.69, 9.17) is 28.2 Å². The first-order valence-corrected chi connectivity index (χ1v) is 13.6. The van der Waals surface area contributed by atoms with Crippen molar-refractivity contribution < 1.29 is 14.7 Å². The molecule has 1 fully saturated rings. The second-order valence-electron chi connectivity index (χ2n) is 8.99. The summed E-state index contributed by atoms with van der Waals surface area (Å²) in [6, 6.07) is 23.3. The normalized spacial score (nSPS) is 15.5. The maximum Gasteiger partial charge on any atom is 0.335 e. The number of carbonyl (C=O) groups excluding carboxylic acids is 1. The van der Waals surface area contributed by atoms with Crippen LogP contribution in [0.3, 0.4) is 0 Å². The van der Waals surface area contributed by atoms with E-state index in [0.29, 0.717) is 20.1 Å². The van der Waals surface area contributed by atoms with Crippen LogP contribution >= 0.6 is 35.0 Å². The number of thioether (sulfide) groups is 1. The average Bonchev–Trinajstić information content (AvgIpc) is 3.34. The van der Waals surface area contributed by atoms with Gasteiger partial charge in [-0.15, -0.1) is 0 Å². The Hall–Kier alpha value is -3.78. The number of aliphatic imine (C=N–C) groups is 1. The molecular formula is C30H23Cl2N3O3S. The summed E-state index contributed by atoms with van der Waals surface area (Å²) in [4.78, 5) is 31.8. The lowest BCUT2D eigenvalue weighted by molar-refractivity contribution is -0.122. The molecule has 2 heterocycles. The first-order chi connectivity index (χ1) is 18.7. The molecule has 196 valence electrons. The molecule has 1 aliphatic rings. The zero-order valence-corrected chi connectivity index (χ0v) is 23.4. The van der Waals surface area contributed by atoms with Crippen LogP contribution in [0.2, 0.25) is 10.0 Å². The van der Waals surface area contributed by atoms with Gasteiger partial charge in [-0.1, -0.05) is 53.5 Å². The summed E-state index contributed by atoms with van der Waals surface area (Å²) in [6.45, 7) is 4.22. The Morgan fingerprint density at radius 2 is 1.72 bits per heavy atom. The molecule has 1 N–H and O–H groups in total. The molecule has 0 unspecified atom stereocenters. The van der Waals surface area contributed by atoms with Crippen LogP contribution in [-0.2, 0) is 11.3 Å². The highest BCUT2D eigenvalue weighted by atomic mass is 35.5. The van der Waals surface area contributed by atoms with E-state index in [9.17, 15) is 14.7 Å². The molecule has 6 nitrogen and oxygen atoms in total. The highest BCUT2D eigenvalue weighted by Gasteiger charge is 2.34. The fourth-order valence-electron chi connectivity index (χ4n) is 4.39. The molecular weight excluding hydrogens is 553 g/mol. The van der Waals surface area contributed by atoms with Crippen molar-refractivity contribution in [2.45, 2.75) is 20.4 Å². The second kappa shape index (κ2) is 11.1.